The average Bonchev–Trinajstić information content (AvgIpc) is 2.26. The summed E-state index contributed by atoms with van der Waals surface area (Å²) in [6.07, 6.45) is 0. The Morgan fingerprint density at radius 1 is 1.47 bits per heavy atom. The molecule has 1 amide bonds. The van der Waals surface area contributed by atoms with E-state index in [0.29, 0.717) is 6.54 Å². The molecule has 0 spiro atoms. The van der Waals surface area contributed by atoms with Gasteiger partial charge in [-0.15, -0.1) is 0 Å². The molecule has 3 nitrogen and oxygen atoms in total. The highest BCUT2D eigenvalue weighted by molar-refractivity contribution is 9.10. The van der Waals surface area contributed by atoms with Gasteiger partial charge in [-0.2, -0.15) is 0 Å². The van der Waals surface area contributed by atoms with Gasteiger partial charge in [-0.3, -0.25) is 4.79 Å². The lowest BCUT2D eigenvalue weighted by Gasteiger charge is -2.12. The molecular weight excluding hydrogens is 256 g/mol. The number of hydrogen-bond donors (Lipinski definition) is 2. The van der Waals surface area contributed by atoms with E-state index in [-0.39, 0.29) is 11.9 Å². The van der Waals surface area contributed by atoms with Gasteiger partial charge < -0.3 is 10.6 Å². The molecule has 0 aromatic heterocycles. The molecule has 1 aromatic carbocycles. The standard InChI is InChI=1S/C11H15BrN2O/c1-8(11(15)13-2)14-7-9-5-3-4-6-10(9)12/h3-6,8,14H,7H2,1-2H3,(H,13,15)/t8-/m1/s1. The zero-order chi connectivity index (χ0) is 11.3. The Kier molecular flexibility index (Phi) is 4.78. The van der Waals surface area contributed by atoms with Gasteiger partial charge in [-0.1, -0.05) is 34.1 Å². The van der Waals surface area contributed by atoms with Crippen LogP contribution in [0, 0.1) is 0 Å². The van der Waals surface area contributed by atoms with Crippen molar-refractivity contribution >= 4 is 21.8 Å². The van der Waals surface area contributed by atoms with Crippen LogP contribution in [0.15, 0.2) is 28.7 Å². The summed E-state index contributed by atoms with van der Waals surface area (Å²) in [7, 11) is 1.64. The zero-order valence-electron chi connectivity index (χ0n) is 8.88. The summed E-state index contributed by atoms with van der Waals surface area (Å²) in [5, 5.41) is 5.75. The molecule has 0 radical (unpaired) electrons. The first-order chi connectivity index (χ1) is 7.15. The van der Waals surface area contributed by atoms with Crippen molar-refractivity contribution in [2.24, 2.45) is 0 Å². The third kappa shape index (κ3) is 3.64. The predicted octanol–water partition coefficient (Wildman–Crippen LogP) is 1.67. The summed E-state index contributed by atoms with van der Waals surface area (Å²) >= 11 is 3.46. The van der Waals surface area contributed by atoms with Crippen LogP contribution in [-0.4, -0.2) is 19.0 Å². The van der Waals surface area contributed by atoms with Gasteiger partial charge in [0, 0.05) is 18.1 Å². The molecule has 1 aromatic rings. The van der Waals surface area contributed by atoms with Gasteiger partial charge in [0.2, 0.25) is 5.91 Å². The Hall–Kier alpha value is -0.870. The first kappa shape index (κ1) is 12.2. The predicted molar refractivity (Wildman–Crippen MR) is 64.5 cm³/mol. The number of nitrogens with one attached hydrogen (secondary N) is 2. The normalized spacial score (nSPS) is 12.2. The van der Waals surface area contributed by atoms with Gasteiger partial charge in [-0.05, 0) is 18.6 Å². The molecule has 4 heteroatoms. The highest BCUT2D eigenvalue weighted by Crippen LogP contribution is 2.15. The number of carbonyl (C=O) groups excluding carboxylic acids is 1. The summed E-state index contributed by atoms with van der Waals surface area (Å²) < 4.78 is 1.06. The number of benzene rings is 1. The summed E-state index contributed by atoms with van der Waals surface area (Å²) in [5.41, 5.74) is 1.15. The molecule has 0 unspecified atom stereocenters. The molecule has 15 heavy (non-hydrogen) atoms. The van der Waals surface area contributed by atoms with Crippen LogP contribution in [0.5, 0.6) is 0 Å². The fraction of sp³-hybridized carbons (Fsp3) is 0.364. The van der Waals surface area contributed by atoms with Gasteiger partial charge in [0.25, 0.3) is 0 Å². The Balaban J connectivity index is 2.50. The van der Waals surface area contributed by atoms with E-state index in [0.717, 1.165) is 10.0 Å². The molecule has 0 aliphatic heterocycles. The SMILES string of the molecule is CNC(=O)[C@@H](C)NCc1ccccc1Br. The minimum Gasteiger partial charge on any atom is -0.358 e. The molecule has 0 saturated carbocycles. The maximum Gasteiger partial charge on any atom is 0.236 e. The summed E-state index contributed by atoms with van der Waals surface area (Å²) in [6.45, 7) is 2.52. The Morgan fingerprint density at radius 3 is 2.73 bits per heavy atom. The number of likely N-dealkylation sites (N-methyl/N-ethyl adjacent to an activating group) is 1. The van der Waals surface area contributed by atoms with Crippen molar-refractivity contribution < 1.29 is 4.79 Å². The van der Waals surface area contributed by atoms with E-state index in [1.54, 1.807) is 7.05 Å². The third-order valence-electron chi connectivity index (χ3n) is 2.20. The summed E-state index contributed by atoms with van der Waals surface area (Å²) in [5.74, 6) is 0.00190. The lowest BCUT2D eigenvalue weighted by molar-refractivity contribution is -0.122. The van der Waals surface area contributed by atoms with Crippen LogP contribution >= 0.6 is 15.9 Å². The van der Waals surface area contributed by atoms with Crippen LogP contribution in [0.2, 0.25) is 0 Å². The molecule has 1 rings (SSSR count). The van der Waals surface area contributed by atoms with Crippen LogP contribution in [0.1, 0.15) is 12.5 Å². The van der Waals surface area contributed by atoms with Gasteiger partial charge >= 0.3 is 0 Å². The molecule has 0 aliphatic carbocycles. The minimum absolute atomic E-state index is 0.00190. The number of hydrogen-bond acceptors (Lipinski definition) is 2. The van der Waals surface area contributed by atoms with Gasteiger partial charge in [0.1, 0.15) is 0 Å². The monoisotopic (exact) mass is 270 g/mol. The topological polar surface area (TPSA) is 41.1 Å². The summed E-state index contributed by atoms with van der Waals surface area (Å²) in [6, 6.07) is 7.78. The fourth-order valence-corrected chi connectivity index (χ4v) is 1.64. The number of halogens is 1. The van der Waals surface area contributed by atoms with Crippen molar-refractivity contribution in [2.75, 3.05) is 7.05 Å². The molecule has 0 fully saturated rings. The van der Waals surface area contributed by atoms with Crippen LogP contribution in [0.4, 0.5) is 0 Å². The Bertz CT molecular complexity index is 341. The van der Waals surface area contributed by atoms with E-state index in [1.165, 1.54) is 0 Å². The van der Waals surface area contributed by atoms with Gasteiger partial charge in [0.15, 0.2) is 0 Å². The van der Waals surface area contributed by atoms with E-state index in [1.807, 2.05) is 31.2 Å². The molecule has 1 atom stereocenters. The molecule has 0 heterocycles. The lowest BCUT2D eigenvalue weighted by atomic mass is 10.2. The second-order valence-electron chi connectivity index (χ2n) is 3.31. The maximum absolute atomic E-state index is 11.2. The Morgan fingerprint density at radius 2 is 2.13 bits per heavy atom. The number of carbonyl (C=O) groups is 1. The van der Waals surface area contributed by atoms with E-state index in [2.05, 4.69) is 26.6 Å². The van der Waals surface area contributed by atoms with Crippen molar-refractivity contribution in [3.63, 3.8) is 0 Å². The quantitative estimate of drug-likeness (QED) is 0.874. The van der Waals surface area contributed by atoms with Crippen molar-refractivity contribution in [3.05, 3.63) is 34.3 Å². The Labute approximate surface area is 98.4 Å². The third-order valence-corrected chi connectivity index (χ3v) is 2.97. The lowest BCUT2D eigenvalue weighted by Crippen LogP contribution is -2.40. The highest BCUT2D eigenvalue weighted by Gasteiger charge is 2.09. The van der Waals surface area contributed by atoms with Gasteiger partial charge in [0.05, 0.1) is 6.04 Å². The van der Waals surface area contributed by atoms with Crippen molar-refractivity contribution in [2.45, 2.75) is 19.5 Å². The minimum atomic E-state index is -0.179. The van der Waals surface area contributed by atoms with Crippen LogP contribution in [0.3, 0.4) is 0 Å². The maximum atomic E-state index is 11.2. The average molecular weight is 271 g/mol. The van der Waals surface area contributed by atoms with E-state index in [4.69, 9.17) is 0 Å². The van der Waals surface area contributed by atoms with E-state index in [9.17, 15) is 4.79 Å². The molecule has 0 aliphatic rings. The molecule has 0 bridgehead atoms. The largest absolute Gasteiger partial charge is 0.358 e. The molecule has 82 valence electrons. The fourth-order valence-electron chi connectivity index (χ4n) is 1.21. The van der Waals surface area contributed by atoms with Crippen LogP contribution in [-0.2, 0) is 11.3 Å². The first-order valence-corrected chi connectivity index (χ1v) is 5.63. The zero-order valence-corrected chi connectivity index (χ0v) is 10.5. The highest BCUT2D eigenvalue weighted by atomic mass is 79.9. The van der Waals surface area contributed by atoms with Crippen molar-refractivity contribution in [1.82, 2.24) is 10.6 Å². The van der Waals surface area contributed by atoms with Crippen LogP contribution < -0.4 is 10.6 Å². The van der Waals surface area contributed by atoms with Crippen LogP contribution in [0.25, 0.3) is 0 Å². The van der Waals surface area contributed by atoms with E-state index < -0.39 is 0 Å². The number of amides is 1. The molecule has 0 saturated heterocycles. The summed E-state index contributed by atoms with van der Waals surface area (Å²) in [4.78, 5) is 11.2. The molecule has 2 N–H and O–H groups in total. The number of rotatable bonds is 4. The first-order valence-electron chi connectivity index (χ1n) is 4.83. The second-order valence-corrected chi connectivity index (χ2v) is 4.16. The van der Waals surface area contributed by atoms with Crippen molar-refractivity contribution in [1.29, 1.82) is 0 Å². The van der Waals surface area contributed by atoms with E-state index >= 15 is 0 Å². The second kappa shape index (κ2) is 5.88. The smallest absolute Gasteiger partial charge is 0.236 e. The van der Waals surface area contributed by atoms with Crippen molar-refractivity contribution in [3.8, 4) is 0 Å². The molecular formula is C11H15BrN2O. The van der Waals surface area contributed by atoms with Gasteiger partial charge in [-0.25, -0.2) is 0 Å².